The van der Waals surface area contributed by atoms with E-state index in [-0.39, 0.29) is 10.2 Å². The third kappa shape index (κ3) is 1.86. The van der Waals surface area contributed by atoms with E-state index in [0.717, 1.165) is 34.6 Å². The molecule has 0 saturated heterocycles. The molecule has 0 amide bonds. The predicted molar refractivity (Wildman–Crippen MR) is 61.4 cm³/mol. The first-order valence-electron chi connectivity index (χ1n) is 5.50. The molecular formula is C11H7F3N2O2S. The molecule has 1 aliphatic carbocycles. The molecule has 1 aliphatic rings. The van der Waals surface area contributed by atoms with E-state index in [1.807, 2.05) is 0 Å². The number of hydrogen-bond donors (Lipinski definition) is 1. The maximum absolute atomic E-state index is 12.6. The van der Waals surface area contributed by atoms with Gasteiger partial charge in [-0.25, -0.2) is 14.8 Å². The summed E-state index contributed by atoms with van der Waals surface area (Å²) in [6.07, 6.45) is -2.43. The molecule has 0 aromatic carbocycles. The van der Waals surface area contributed by atoms with E-state index in [1.165, 1.54) is 0 Å². The van der Waals surface area contributed by atoms with Gasteiger partial charge in [0.05, 0.1) is 0 Å². The van der Waals surface area contributed by atoms with Crippen molar-refractivity contribution in [2.45, 2.75) is 25.4 Å². The zero-order chi connectivity index (χ0) is 13.8. The molecule has 1 N–H and O–H groups in total. The number of thiophene rings is 1. The second-order valence-electron chi connectivity index (χ2n) is 4.24. The van der Waals surface area contributed by atoms with Crippen LogP contribution in [0.25, 0.3) is 10.2 Å². The first-order valence-corrected chi connectivity index (χ1v) is 6.32. The molecule has 4 nitrogen and oxygen atoms in total. The van der Waals surface area contributed by atoms with Crippen LogP contribution in [0.5, 0.6) is 0 Å². The molecule has 2 aromatic heterocycles. The highest BCUT2D eigenvalue weighted by molar-refractivity contribution is 7.19. The monoisotopic (exact) mass is 288 g/mol. The van der Waals surface area contributed by atoms with Gasteiger partial charge in [-0.2, -0.15) is 13.2 Å². The number of halogens is 3. The molecular weight excluding hydrogens is 281 g/mol. The molecule has 0 bridgehead atoms. The predicted octanol–water partition coefficient (Wildman–Crippen LogP) is 2.90. The molecule has 0 fully saturated rings. The van der Waals surface area contributed by atoms with Gasteiger partial charge in [0.1, 0.15) is 4.83 Å². The van der Waals surface area contributed by atoms with Gasteiger partial charge in [0.2, 0.25) is 5.82 Å². The summed E-state index contributed by atoms with van der Waals surface area (Å²) in [6.45, 7) is 0. The lowest BCUT2D eigenvalue weighted by Gasteiger charge is -2.06. The summed E-state index contributed by atoms with van der Waals surface area (Å²) >= 11 is 1.13. The molecule has 0 atom stereocenters. The van der Waals surface area contributed by atoms with Gasteiger partial charge >= 0.3 is 12.1 Å². The minimum absolute atomic E-state index is 0.115. The Morgan fingerprint density at radius 3 is 2.63 bits per heavy atom. The first kappa shape index (κ1) is 12.3. The number of hydrogen-bond acceptors (Lipinski definition) is 4. The molecule has 2 heterocycles. The number of rotatable bonds is 1. The van der Waals surface area contributed by atoms with Crippen LogP contribution in [0.3, 0.4) is 0 Å². The molecule has 0 saturated carbocycles. The van der Waals surface area contributed by atoms with Gasteiger partial charge in [0.15, 0.2) is 5.69 Å². The van der Waals surface area contributed by atoms with Gasteiger partial charge in [-0.15, -0.1) is 11.3 Å². The van der Waals surface area contributed by atoms with Crippen molar-refractivity contribution in [3.63, 3.8) is 0 Å². The van der Waals surface area contributed by atoms with E-state index >= 15 is 0 Å². The average Bonchev–Trinajstić information content (AvgIpc) is 2.85. The summed E-state index contributed by atoms with van der Waals surface area (Å²) in [6, 6.07) is 0. The van der Waals surface area contributed by atoms with Crippen LogP contribution in [-0.4, -0.2) is 21.0 Å². The second-order valence-corrected chi connectivity index (χ2v) is 5.32. The lowest BCUT2D eigenvalue weighted by molar-refractivity contribution is -0.144. The minimum Gasteiger partial charge on any atom is -0.476 e. The molecule has 8 heteroatoms. The minimum atomic E-state index is -4.74. The average molecular weight is 288 g/mol. The van der Waals surface area contributed by atoms with Crippen molar-refractivity contribution in [1.29, 1.82) is 0 Å². The number of carbonyl (C=O) groups is 1. The third-order valence-corrected chi connectivity index (χ3v) is 4.21. The van der Waals surface area contributed by atoms with E-state index in [2.05, 4.69) is 9.97 Å². The van der Waals surface area contributed by atoms with Gasteiger partial charge in [-0.3, -0.25) is 0 Å². The van der Waals surface area contributed by atoms with Gasteiger partial charge in [-0.05, 0) is 24.8 Å². The Morgan fingerprint density at radius 2 is 2.00 bits per heavy atom. The number of carboxylic acid groups (broad SMARTS) is 1. The van der Waals surface area contributed by atoms with Crippen LogP contribution in [0.2, 0.25) is 0 Å². The van der Waals surface area contributed by atoms with Gasteiger partial charge in [-0.1, -0.05) is 0 Å². The zero-order valence-corrected chi connectivity index (χ0v) is 10.2. The van der Waals surface area contributed by atoms with E-state index in [0.29, 0.717) is 6.42 Å². The Morgan fingerprint density at radius 1 is 1.26 bits per heavy atom. The normalized spacial score (nSPS) is 14.9. The molecule has 0 aliphatic heterocycles. The largest absolute Gasteiger partial charge is 0.476 e. The molecule has 100 valence electrons. The standard InChI is InChI=1S/C11H7F3N2O2S/c12-11(13,14)10-15-7(9(17)18)6-4-2-1-3-5(4)19-8(6)16-10/h1-3H2,(H,17,18). The van der Waals surface area contributed by atoms with Crippen LogP contribution in [0.4, 0.5) is 13.2 Å². The number of aryl methyl sites for hydroxylation is 2. The van der Waals surface area contributed by atoms with E-state index < -0.39 is 23.7 Å². The fourth-order valence-electron chi connectivity index (χ4n) is 2.28. The highest BCUT2D eigenvalue weighted by atomic mass is 32.1. The van der Waals surface area contributed by atoms with Crippen molar-refractivity contribution in [2.75, 3.05) is 0 Å². The lowest BCUT2D eigenvalue weighted by Crippen LogP contribution is -2.14. The van der Waals surface area contributed by atoms with Gasteiger partial charge in [0, 0.05) is 10.3 Å². The number of alkyl halides is 3. The van der Waals surface area contributed by atoms with Crippen LogP contribution >= 0.6 is 11.3 Å². The molecule has 19 heavy (non-hydrogen) atoms. The number of aromatic nitrogens is 2. The third-order valence-electron chi connectivity index (χ3n) is 3.02. The maximum atomic E-state index is 12.6. The Bertz CT molecular complexity index is 693. The molecule has 0 spiro atoms. The summed E-state index contributed by atoms with van der Waals surface area (Å²) in [5.41, 5.74) is 0.253. The van der Waals surface area contributed by atoms with Crippen molar-refractivity contribution < 1.29 is 23.1 Å². The zero-order valence-electron chi connectivity index (χ0n) is 9.41. The molecule has 0 unspecified atom stereocenters. The number of fused-ring (bicyclic) bond motifs is 3. The first-order chi connectivity index (χ1) is 8.88. The topological polar surface area (TPSA) is 63.1 Å². The van der Waals surface area contributed by atoms with Crippen molar-refractivity contribution in [3.8, 4) is 0 Å². The molecule has 2 aromatic rings. The van der Waals surface area contributed by atoms with Crippen LogP contribution in [0, 0.1) is 0 Å². The Balaban J connectivity index is 2.36. The number of nitrogens with zero attached hydrogens (tertiary/aromatic N) is 2. The second kappa shape index (κ2) is 3.89. The number of carboxylic acids is 1. The summed E-state index contributed by atoms with van der Waals surface area (Å²) in [5.74, 6) is -2.84. The quantitative estimate of drug-likeness (QED) is 0.876. The summed E-state index contributed by atoms with van der Waals surface area (Å²) in [4.78, 5) is 18.8. The van der Waals surface area contributed by atoms with Crippen LogP contribution in [0.1, 0.15) is 33.2 Å². The van der Waals surface area contributed by atoms with Crippen molar-refractivity contribution in [1.82, 2.24) is 9.97 Å². The Kier molecular flexibility index (Phi) is 2.53. The molecule has 3 rings (SSSR count). The SMILES string of the molecule is O=C(O)c1nc(C(F)(F)F)nc2sc3c(c12)CCC3. The number of aromatic carboxylic acids is 1. The van der Waals surface area contributed by atoms with Crippen LogP contribution < -0.4 is 0 Å². The van der Waals surface area contributed by atoms with E-state index in [9.17, 15) is 18.0 Å². The molecule has 0 radical (unpaired) electrons. The fraction of sp³-hybridized carbons (Fsp3) is 0.364. The highest BCUT2D eigenvalue weighted by Gasteiger charge is 2.37. The summed E-state index contributed by atoms with van der Waals surface area (Å²) in [7, 11) is 0. The summed E-state index contributed by atoms with van der Waals surface area (Å²) < 4.78 is 37.9. The van der Waals surface area contributed by atoms with Crippen LogP contribution in [0.15, 0.2) is 0 Å². The van der Waals surface area contributed by atoms with Crippen molar-refractivity contribution in [3.05, 3.63) is 22.0 Å². The van der Waals surface area contributed by atoms with Gasteiger partial charge < -0.3 is 5.11 Å². The maximum Gasteiger partial charge on any atom is 0.451 e. The van der Waals surface area contributed by atoms with E-state index in [1.54, 1.807) is 0 Å². The van der Waals surface area contributed by atoms with Crippen molar-refractivity contribution in [2.24, 2.45) is 0 Å². The Labute approximate surface area is 108 Å². The summed E-state index contributed by atoms with van der Waals surface area (Å²) in [5, 5.41) is 9.35. The Hall–Kier alpha value is -1.70. The van der Waals surface area contributed by atoms with Crippen molar-refractivity contribution >= 4 is 27.5 Å². The highest BCUT2D eigenvalue weighted by Crippen LogP contribution is 2.39. The van der Waals surface area contributed by atoms with Crippen LogP contribution in [-0.2, 0) is 19.0 Å². The smallest absolute Gasteiger partial charge is 0.451 e. The van der Waals surface area contributed by atoms with E-state index in [4.69, 9.17) is 5.11 Å². The lowest BCUT2D eigenvalue weighted by atomic mass is 10.1. The van der Waals surface area contributed by atoms with Gasteiger partial charge in [0.25, 0.3) is 0 Å². The fourth-order valence-corrected chi connectivity index (χ4v) is 3.54.